The van der Waals surface area contributed by atoms with Crippen molar-refractivity contribution < 1.29 is 13.9 Å². The van der Waals surface area contributed by atoms with E-state index in [-0.39, 0.29) is 18.1 Å². The number of hydrogen-bond donors (Lipinski definition) is 1. The summed E-state index contributed by atoms with van der Waals surface area (Å²) >= 11 is 0. The lowest BCUT2D eigenvalue weighted by atomic mass is 10.1. The maximum atomic E-state index is 13.3. The number of nitrogens with one attached hydrogen (secondary N) is 1. The zero-order valence-corrected chi connectivity index (χ0v) is 15.3. The molecule has 2 rings (SSSR count). The molecule has 0 atom stereocenters. The molecule has 1 amide bonds. The number of carbonyl (C=O) groups is 1. The second-order valence-electron chi connectivity index (χ2n) is 5.77. The standard InChI is InChI=1S/C20H21FN4O2/c1-13-7-8-22-11-16(13)5-6-20(26)25-19-10-18(23-12-24-19)17(9-14(2)21)15(3)27-4/h7-12H,2-3,5-6H2,1,4H3,(H,23,24,25,26)/b17-9+. The van der Waals surface area contributed by atoms with Gasteiger partial charge in [0, 0.05) is 30.5 Å². The van der Waals surface area contributed by atoms with E-state index in [0.29, 0.717) is 23.5 Å². The van der Waals surface area contributed by atoms with Gasteiger partial charge in [0.25, 0.3) is 0 Å². The highest BCUT2D eigenvalue weighted by atomic mass is 19.1. The first-order valence-electron chi connectivity index (χ1n) is 8.22. The molecule has 2 heterocycles. The predicted molar refractivity (Wildman–Crippen MR) is 102 cm³/mol. The van der Waals surface area contributed by atoms with E-state index >= 15 is 0 Å². The number of amides is 1. The zero-order valence-electron chi connectivity index (χ0n) is 15.3. The summed E-state index contributed by atoms with van der Waals surface area (Å²) in [6.07, 6.45) is 6.74. The molecule has 0 aliphatic heterocycles. The summed E-state index contributed by atoms with van der Waals surface area (Å²) in [4.78, 5) is 24.4. The number of pyridine rings is 1. The third-order valence-electron chi connectivity index (χ3n) is 3.83. The number of ether oxygens (including phenoxy) is 1. The molecule has 0 aliphatic carbocycles. The second-order valence-corrected chi connectivity index (χ2v) is 5.77. The van der Waals surface area contributed by atoms with Crippen molar-refractivity contribution in [2.45, 2.75) is 19.8 Å². The molecule has 0 fully saturated rings. The molecular weight excluding hydrogens is 347 g/mol. The van der Waals surface area contributed by atoms with Gasteiger partial charge in [0.05, 0.1) is 12.8 Å². The molecule has 0 saturated heterocycles. The highest BCUT2D eigenvalue weighted by Crippen LogP contribution is 2.23. The number of aryl methyl sites for hydroxylation is 2. The second kappa shape index (κ2) is 9.38. The van der Waals surface area contributed by atoms with E-state index < -0.39 is 5.83 Å². The van der Waals surface area contributed by atoms with Gasteiger partial charge < -0.3 is 10.1 Å². The van der Waals surface area contributed by atoms with Crippen LogP contribution < -0.4 is 5.32 Å². The number of aromatic nitrogens is 3. The topological polar surface area (TPSA) is 77.0 Å². The Morgan fingerprint density at radius 2 is 2.15 bits per heavy atom. The largest absolute Gasteiger partial charge is 0.497 e. The lowest BCUT2D eigenvalue weighted by Crippen LogP contribution is -2.14. The SMILES string of the molecule is C=C(F)/C=C(\C(=C)OC)c1cc(NC(=O)CCc2cnccc2C)ncn1. The molecule has 0 radical (unpaired) electrons. The van der Waals surface area contributed by atoms with Crippen molar-refractivity contribution in [2.75, 3.05) is 12.4 Å². The minimum atomic E-state index is -0.667. The first-order chi connectivity index (χ1) is 12.9. The maximum Gasteiger partial charge on any atom is 0.225 e. The van der Waals surface area contributed by atoms with Gasteiger partial charge in [0.15, 0.2) is 0 Å². The van der Waals surface area contributed by atoms with Crippen LogP contribution in [-0.4, -0.2) is 28.0 Å². The van der Waals surface area contributed by atoms with Gasteiger partial charge in [-0.25, -0.2) is 14.4 Å². The number of methoxy groups -OCH3 is 1. The molecule has 0 saturated carbocycles. The van der Waals surface area contributed by atoms with Crippen LogP contribution in [-0.2, 0) is 16.0 Å². The van der Waals surface area contributed by atoms with E-state index in [0.717, 1.165) is 17.2 Å². The van der Waals surface area contributed by atoms with Gasteiger partial charge in [-0.1, -0.05) is 13.2 Å². The van der Waals surface area contributed by atoms with Gasteiger partial charge >= 0.3 is 0 Å². The average molecular weight is 368 g/mol. The van der Waals surface area contributed by atoms with Crippen molar-refractivity contribution in [1.82, 2.24) is 15.0 Å². The molecule has 0 aromatic carbocycles. The molecule has 2 aromatic rings. The Labute approximate surface area is 157 Å². The fourth-order valence-electron chi connectivity index (χ4n) is 2.35. The Hall–Kier alpha value is -3.35. The van der Waals surface area contributed by atoms with Crippen molar-refractivity contribution in [3.05, 3.63) is 78.5 Å². The quantitative estimate of drug-likeness (QED) is 0.567. The Morgan fingerprint density at radius 3 is 2.81 bits per heavy atom. The van der Waals surface area contributed by atoms with Crippen LogP contribution in [0, 0.1) is 6.92 Å². The molecule has 140 valence electrons. The third kappa shape index (κ3) is 5.85. The Balaban J connectivity index is 2.10. The van der Waals surface area contributed by atoms with E-state index in [4.69, 9.17) is 4.74 Å². The molecule has 0 aliphatic rings. The maximum absolute atomic E-state index is 13.3. The van der Waals surface area contributed by atoms with Crippen LogP contribution in [0.4, 0.5) is 10.2 Å². The van der Waals surface area contributed by atoms with E-state index in [1.165, 1.54) is 19.5 Å². The molecular formula is C20H21FN4O2. The first-order valence-corrected chi connectivity index (χ1v) is 8.22. The number of allylic oxidation sites excluding steroid dienone is 3. The predicted octanol–water partition coefficient (Wildman–Crippen LogP) is 3.78. The van der Waals surface area contributed by atoms with Crippen molar-refractivity contribution in [3.8, 4) is 0 Å². The minimum absolute atomic E-state index is 0.200. The van der Waals surface area contributed by atoms with Crippen LogP contribution in [0.3, 0.4) is 0 Å². The number of halogens is 1. The average Bonchev–Trinajstić information content (AvgIpc) is 2.65. The van der Waals surface area contributed by atoms with E-state index in [1.54, 1.807) is 12.4 Å². The Bertz CT molecular complexity index is 893. The van der Waals surface area contributed by atoms with Crippen LogP contribution >= 0.6 is 0 Å². The van der Waals surface area contributed by atoms with Crippen molar-refractivity contribution in [2.24, 2.45) is 0 Å². The minimum Gasteiger partial charge on any atom is -0.497 e. The van der Waals surface area contributed by atoms with Crippen LogP contribution in [0.1, 0.15) is 23.2 Å². The smallest absolute Gasteiger partial charge is 0.225 e. The lowest BCUT2D eigenvalue weighted by molar-refractivity contribution is -0.116. The monoisotopic (exact) mass is 368 g/mol. The summed E-state index contributed by atoms with van der Waals surface area (Å²) in [5.74, 6) is -0.350. The van der Waals surface area contributed by atoms with Gasteiger partial charge in [0.1, 0.15) is 23.7 Å². The van der Waals surface area contributed by atoms with Crippen LogP contribution in [0.5, 0.6) is 0 Å². The highest BCUT2D eigenvalue weighted by Gasteiger charge is 2.12. The molecule has 0 spiro atoms. The van der Waals surface area contributed by atoms with Crippen molar-refractivity contribution in [1.29, 1.82) is 0 Å². The summed E-state index contributed by atoms with van der Waals surface area (Å²) in [6.45, 7) is 8.90. The molecule has 0 unspecified atom stereocenters. The summed E-state index contributed by atoms with van der Waals surface area (Å²) in [6, 6.07) is 3.42. The first kappa shape index (κ1) is 20.0. The van der Waals surface area contributed by atoms with Gasteiger partial charge in [0.2, 0.25) is 5.91 Å². The normalized spacial score (nSPS) is 11.0. The molecule has 2 aromatic heterocycles. The third-order valence-corrected chi connectivity index (χ3v) is 3.83. The van der Waals surface area contributed by atoms with Gasteiger partial charge in [-0.05, 0) is 36.6 Å². The fraction of sp³-hybridized carbons (Fsp3) is 0.200. The van der Waals surface area contributed by atoms with Crippen LogP contribution in [0.25, 0.3) is 5.57 Å². The molecule has 0 bridgehead atoms. The molecule has 27 heavy (non-hydrogen) atoms. The fourth-order valence-corrected chi connectivity index (χ4v) is 2.35. The summed E-state index contributed by atoms with van der Waals surface area (Å²) in [7, 11) is 1.42. The summed E-state index contributed by atoms with van der Waals surface area (Å²) in [5.41, 5.74) is 2.77. The van der Waals surface area contributed by atoms with Gasteiger partial charge in [-0.15, -0.1) is 0 Å². The summed E-state index contributed by atoms with van der Waals surface area (Å²) in [5, 5.41) is 2.71. The number of anilines is 1. The van der Waals surface area contributed by atoms with Gasteiger partial charge in [-0.2, -0.15) is 0 Å². The van der Waals surface area contributed by atoms with E-state index in [2.05, 4.69) is 33.4 Å². The van der Waals surface area contributed by atoms with Crippen LogP contribution in [0.2, 0.25) is 0 Å². The highest BCUT2D eigenvalue weighted by molar-refractivity contribution is 5.90. The Morgan fingerprint density at radius 1 is 1.37 bits per heavy atom. The zero-order chi connectivity index (χ0) is 19.8. The lowest BCUT2D eigenvalue weighted by Gasteiger charge is -2.11. The number of rotatable bonds is 8. The number of carbonyl (C=O) groups excluding carboxylic acids is 1. The Kier molecular flexibility index (Phi) is 6.93. The van der Waals surface area contributed by atoms with Gasteiger partial charge in [-0.3, -0.25) is 9.78 Å². The van der Waals surface area contributed by atoms with E-state index in [9.17, 15) is 9.18 Å². The van der Waals surface area contributed by atoms with Crippen LogP contribution in [0.15, 0.2) is 61.7 Å². The molecule has 6 nitrogen and oxygen atoms in total. The van der Waals surface area contributed by atoms with Crippen molar-refractivity contribution in [3.63, 3.8) is 0 Å². The number of nitrogens with zero attached hydrogens (tertiary/aromatic N) is 3. The molecule has 7 heteroatoms. The molecule has 1 N–H and O–H groups in total. The summed E-state index contributed by atoms with van der Waals surface area (Å²) < 4.78 is 18.3. The number of hydrogen-bond acceptors (Lipinski definition) is 5. The van der Waals surface area contributed by atoms with E-state index in [1.807, 2.05) is 13.0 Å². The van der Waals surface area contributed by atoms with Crippen molar-refractivity contribution >= 4 is 17.3 Å².